The van der Waals surface area contributed by atoms with Gasteiger partial charge in [-0.15, -0.1) is 0 Å². The zero-order valence-electron chi connectivity index (χ0n) is 17.5. The van der Waals surface area contributed by atoms with Crippen LogP contribution in [0.5, 0.6) is 0 Å². The van der Waals surface area contributed by atoms with Gasteiger partial charge < -0.3 is 4.90 Å². The molecule has 0 N–H and O–H groups in total. The Hall–Kier alpha value is -2.00. The summed E-state index contributed by atoms with van der Waals surface area (Å²) in [7, 11) is -2.22. The first-order valence-electron chi connectivity index (χ1n) is 10.2. The van der Waals surface area contributed by atoms with Crippen molar-refractivity contribution in [3.63, 3.8) is 0 Å². The molecule has 9 heteroatoms. The van der Waals surface area contributed by atoms with E-state index in [9.17, 15) is 17.6 Å². The Kier molecular flexibility index (Phi) is 8.05. The standard InChI is InChI=1S/C22H27ClFN3O3S/c1-25(31(29,30)21-10-8-20(24)9-11-21)12-2-3-22(28)27-15-13-26(14-16-27)17-18-4-6-19(23)7-5-18/h4-11H,2-3,12-17H2,1H3. The molecule has 0 radical (unpaired) electrons. The van der Waals surface area contributed by atoms with E-state index in [0.717, 1.165) is 36.8 Å². The number of nitrogens with zero attached hydrogens (tertiary/aromatic N) is 3. The lowest BCUT2D eigenvalue weighted by atomic mass is 10.2. The third-order valence-corrected chi connectivity index (χ3v) is 7.55. The zero-order chi connectivity index (χ0) is 22.4. The maximum Gasteiger partial charge on any atom is 0.242 e. The molecule has 2 aromatic carbocycles. The number of rotatable bonds is 8. The van der Waals surface area contributed by atoms with Gasteiger partial charge in [0.2, 0.25) is 15.9 Å². The molecule has 3 rings (SSSR count). The molecule has 0 aliphatic carbocycles. The number of amides is 1. The Morgan fingerprint density at radius 2 is 1.65 bits per heavy atom. The summed E-state index contributed by atoms with van der Waals surface area (Å²) in [4.78, 5) is 16.7. The van der Waals surface area contributed by atoms with Crippen LogP contribution in [0.2, 0.25) is 5.02 Å². The van der Waals surface area contributed by atoms with Crippen LogP contribution in [-0.2, 0) is 21.4 Å². The molecular formula is C22H27ClFN3O3S. The van der Waals surface area contributed by atoms with Crippen LogP contribution in [0.25, 0.3) is 0 Å². The van der Waals surface area contributed by atoms with Gasteiger partial charge in [-0.1, -0.05) is 23.7 Å². The molecule has 1 fully saturated rings. The molecule has 0 saturated carbocycles. The van der Waals surface area contributed by atoms with Crippen LogP contribution >= 0.6 is 11.6 Å². The Morgan fingerprint density at radius 1 is 1.03 bits per heavy atom. The van der Waals surface area contributed by atoms with Gasteiger partial charge in [0, 0.05) is 57.8 Å². The molecule has 1 heterocycles. The Morgan fingerprint density at radius 3 is 2.26 bits per heavy atom. The van der Waals surface area contributed by atoms with Gasteiger partial charge in [0.05, 0.1) is 4.90 Å². The summed E-state index contributed by atoms with van der Waals surface area (Å²) in [6, 6.07) is 12.5. The highest BCUT2D eigenvalue weighted by Crippen LogP contribution is 2.16. The highest BCUT2D eigenvalue weighted by atomic mass is 35.5. The normalized spacial score (nSPS) is 15.4. The first-order chi connectivity index (χ1) is 14.8. The second kappa shape index (κ2) is 10.5. The second-order valence-electron chi connectivity index (χ2n) is 7.67. The Bertz CT molecular complexity index is 976. The summed E-state index contributed by atoms with van der Waals surface area (Å²) in [5.74, 6) is -0.445. The summed E-state index contributed by atoms with van der Waals surface area (Å²) in [5.41, 5.74) is 1.19. The lowest BCUT2D eigenvalue weighted by Crippen LogP contribution is -2.48. The number of piperazine rings is 1. The predicted molar refractivity (Wildman–Crippen MR) is 119 cm³/mol. The average molecular weight is 468 g/mol. The SMILES string of the molecule is CN(CCCC(=O)N1CCN(Cc2ccc(Cl)cc2)CC1)S(=O)(=O)c1ccc(F)cc1. The molecular weight excluding hydrogens is 441 g/mol. The fourth-order valence-electron chi connectivity index (χ4n) is 3.52. The smallest absolute Gasteiger partial charge is 0.242 e. The van der Waals surface area contributed by atoms with Crippen LogP contribution in [-0.4, -0.2) is 68.2 Å². The van der Waals surface area contributed by atoms with Crippen molar-refractivity contribution in [2.75, 3.05) is 39.8 Å². The fourth-order valence-corrected chi connectivity index (χ4v) is 4.86. The van der Waals surface area contributed by atoms with E-state index in [0.29, 0.717) is 25.9 Å². The molecule has 0 bridgehead atoms. The summed E-state index contributed by atoms with van der Waals surface area (Å²) in [5, 5.41) is 0.718. The zero-order valence-corrected chi connectivity index (χ0v) is 19.1. The molecule has 0 unspecified atom stereocenters. The van der Waals surface area contributed by atoms with E-state index in [1.165, 1.54) is 29.0 Å². The van der Waals surface area contributed by atoms with Crippen LogP contribution in [0.4, 0.5) is 4.39 Å². The molecule has 0 spiro atoms. The van der Waals surface area contributed by atoms with Crippen LogP contribution in [0.15, 0.2) is 53.4 Å². The van der Waals surface area contributed by atoms with Gasteiger partial charge in [-0.05, 0) is 48.4 Å². The Balaban J connectivity index is 1.41. The van der Waals surface area contributed by atoms with Crippen molar-refractivity contribution in [3.8, 4) is 0 Å². The molecule has 1 saturated heterocycles. The first-order valence-corrected chi connectivity index (χ1v) is 12.0. The van der Waals surface area contributed by atoms with E-state index in [-0.39, 0.29) is 17.3 Å². The van der Waals surface area contributed by atoms with Crippen molar-refractivity contribution in [3.05, 3.63) is 64.9 Å². The highest BCUT2D eigenvalue weighted by molar-refractivity contribution is 7.89. The number of sulfonamides is 1. The Labute approximate surface area is 188 Å². The van der Waals surface area contributed by atoms with E-state index in [2.05, 4.69) is 4.90 Å². The topological polar surface area (TPSA) is 60.9 Å². The second-order valence-corrected chi connectivity index (χ2v) is 10.1. The molecule has 6 nitrogen and oxygen atoms in total. The number of hydrogen-bond donors (Lipinski definition) is 0. The van der Waals surface area contributed by atoms with Crippen LogP contribution in [0.3, 0.4) is 0 Å². The van der Waals surface area contributed by atoms with Crippen molar-refractivity contribution in [1.82, 2.24) is 14.1 Å². The lowest BCUT2D eigenvalue weighted by Gasteiger charge is -2.35. The van der Waals surface area contributed by atoms with E-state index < -0.39 is 15.8 Å². The number of halogens is 2. The average Bonchev–Trinajstić information content (AvgIpc) is 2.76. The third kappa shape index (κ3) is 6.49. The lowest BCUT2D eigenvalue weighted by molar-refractivity contribution is -0.133. The minimum absolute atomic E-state index is 0.0405. The number of carbonyl (C=O) groups is 1. The van der Waals surface area contributed by atoms with Gasteiger partial charge in [-0.2, -0.15) is 0 Å². The molecule has 2 aromatic rings. The third-order valence-electron chi connectivity index (χ3n) is 5.43. The predicted octanol–water partition coefficient (Wildman–Crippen LogP) is 3.22. The molecule has 0 aromatic heterocycles. The molecule has 31 heavy (non-hydrogen) atoms. The van der Waals surface area contributed by atoms with Crippen LogP contribution in [0, 0.1) is 5.82 Å². The van der Waals surface area contributed by atoms with Gasteiger partial charge in [0.15, 0.2) is 0 Å². The van der Waals surface area contributed by atoms with E-state index in [1.54, 1.807) is 0 Å². The fraction of sp³-hybridized carbons (Fsp3) is 0.409. The molecule has 1 aliphatic heterocycles. The van der Waals surface area contributed by atoms with Gasteiger partial charge in [-0.3, -0.25) is 9.69 Å². The quantitative estimate of drug-likeness (QED) is 0.598. The minimum atomic E-state index is -3.69. The van der Waals surface area contributed by atoms with Crippen molar-refractivity contribution in [1.29, 1.82) is 0 Å². The number of hydrogen-bond acceptors (Lipinski definition) is 4. The van der Waals surface area contributed by atoms with E-state index >= 15 is 0 Å². The van der Waals surface area contributed by atoms with Crippen LogP contribution < -0.4 is 0 Å². The van der Waals surface area contributed by atoms with Crippen molar-refractivity contribution in [2.45, 2.75) is 24.3 Å². The number of carbonyl (C=O) groups excluding carboxylic acids is 1. The van der Waals surface area contributed by atoms with Crippen molar-refractivity contribution < 1.29 is 17.6 Å². The maximum atomic E-state index is 13.0. The van der Waals surface area contributed by atoms with Gasteiger partial charge in [-0.25, -0.2) is 17.1 Å². The van der Waals surface area contributed by atoms with Crippen molar-refractivity contribution in [2.24, 2.45) is 0 Å². The van der Waals surface area contributed by atoms with Crippen molar-refractivity contribution >= 4 is 27.5 Å². The molecule has 1 aliphatic rings. The summed E-state index contributed by atoms with van der Waals surface area (Å²) >= 11 is 5.92. The van der Waals surface area contributed by atoms with E-state index in [1.807, 2.05) is 29.2 Å². The summed E-state index contributed by atoms with van der Waals surface area (Å²) in [6.45, 7) is 3.97. The van der Waals surface area contributed by atoms with Gasteiger partial charge >= 0.3 is 0 Å². The monoisotopic (exact) mass is 467 g/mol. The van der Waals surface area contributed by atoms with Crippen LogP contribution in [0.1, 0.15) is 18.4 Å². The van der Waals surface area contributed by atoms with Gasteiger partial charge in [0.1, 0.15) is 5.82 Å². The molecule has 0 atom stereocenters. The largest absolute Gasteiger partial charge is 0.340 e. The van der Waals surface area contributed by atoms with E-state index in [4.69, 9.17) is 11.6 Å². The molecule has 1 amide bonds. The van der Waals surface area contributed by atoms with Gasteiger partial charge in [0.25, 0.3) is 0 Å². The summed E-state index contributed by atoms with van der Waals surface area (Å²) in [6.07, 6.45) is 0.723. The maximum absolute atomic E-state index is 13.0. The summed E-state index contributed by atoms with van der Waals surface area (Å²) < 4.78 is 39.3. The highest BCUT2D eigenvalue weighted by Gasteiger charge is 2.23. The molecule has 168 valence electrons. The first kappa shape index (κ1) is 23.7. The minimum Gasteiger partial charge on any atom is -0.340 e. The number of benzene rings is 2.